The molecule has 2 aliphatic heterocycles. The second-order valence-electron chi connectivity index (χ2n) is 1.98. The van der Waals surface area contributed by atoms with E-state index in [1.807, 2.05) is 6.21 Å². The van der Waals surface area contributed by atoms with E-state index in [1.54, 1.807) is 24.2 Å². The topological polar surface area (TPSA) is 24.7 Å². The summed E-state index contributed by atoms with van der Waals surface area (Å²) in [5, 5.41) is 1.09. The Bertz CT molecular complexity index is 261. The van der Waals surface area contributed by atoms with Gasteiger partial charge in [-0.25, -0.2) is 4.99 Å². The highest BCUT2D eigenvalue weighted by molar-refractivity contribution is 8.15. The molecule has 0 fully saturated rings. The van der Waals surface area contributed by atoms with Gasteiger partial charge in [0, 0.05) is 29.9 Å². The summed E-state index contributed by atoms with van der Waals surface area (Å²) >= 11 is 1.75. The highest BCUT2D eigenvalue weighted by atomic mass is 32.2. The van der Waals surface area contributed by atoms with Crippen molar-refractivity contribution < 1.29 is 0 Å². The van der Waals surface area contributed by atoms with Gasteiger partial charge in [-0.2, -0.15) is 0 Å². The van der Waals surface area contributed by atoms with Gasteiger partial charge < -0.3 is 0 Å². The molecule has 0 atom stereocenters. The Morgan fingerprint density at radius 1 is 1.40 bits per heavy atom. The van der Waals surface area contributed by atoms with Gasteiger partial charge in [0.2, 0.25) is 0 Å². The van der Waals surface area contributed by atoms with Gasteiger partial charge in [-0.3, -0.25) is 4.99 Å². The molecule has 50 valence electrons. The first-order valence-electron chi connectivity index (χ1n) is 3.06. The minimum Gasteiger partial charge on any atom is -0.262 e. The van der Waals surface area contributed by atoms with E-state index in [-0.39, 0.29) is 0 Å². The van der Waals surface area contributed by atoms with E-state index in [0.717, 1.165) is 16.4 Å². The van der Waals surface area contributed by atoms with Crippen LogP contribution in [0.1, 0.15) is 0 Å². The number of hydrogen-bond acceptors (Lipinski definition) is 3. The first kappa shape index (κ1) is 5.92. The molecule has 0 unspecified atom stereocenters. The van der Waals surface area contributed by atoms with E-state index in [4.69, 9.17) is 0 Å². The average molecular weight is 150 g/mol. The smallest absolute Gasteiger partial charge is 0.105 e. The standard InChI is InChI=1S/C7H6N2S/c1-4-10-7-6(1)5-8-2-3-9-7/h1-3,5H,4H2. The lowest BCUT2D eigenvalue weighted by molar-refractivity contribution is 1.51. The third kappa shape index (κ3) is 0.926. The van der Waals surface area contributed by atoms with Crippen molar-refractivity contribution in [2.45, 2.75) is 0 Å². The van der Waals surface area contributed by atoms with Crippen molar-refractivity contribution >= 4 is 23.0 Å². The maximum atomic E-state index is 4.19. The lowest BCUT2D eigenvalue weighted by Crippen LogP contribution is -1.90. The summed E-state index contributed by atoms with van der Waals surface area (Å²) in [7, 11) is 0. The monoisotopic (exact) mass is 150 g/mol. The van der Waals surface area contributed by atoms with Gasteiger partial charge in [0.1, 0.15) is 5.04 Å². The van der Waals surface area contributed by atoms with Crippen molar-refractivity contribution in [2.24, 2.45) is 9.98 Å². The molecular weight excluding hydrogens is 144 g/mol. The molecule has 0 N–H and O–H groups in total. The number of aliphatic imine (C=N–C) groups is 2. The van der Waals surface area contributed by atoms with Crippen LogP contribution in [-0.2, 0) is 0 Å². The molecule has 0 aliphatic carbocycles. The predicted molar refractivity (Wildman–Crippen MR) is 45.6 cm³/mol. The van der Waals surface area contributed by atoms with Gasteiger partial charge in [-0.1, -0.05) is 6.08 Å². The van der Waals surface area contributed by atoms with E-state index in [1.165, 1.54) is 0 Å². The van der Waals surface area contributed by atoms with Crippen LogP contribution in [0.25, 0.3) is 0 Å². The SMILES string of the molecule is C1=CN=C2SCC=C2C=N1. The van der Waals surface area contributed by atoms with Crippen LogP contribution in [0.4, 0.5) is 0 Å². The molecule has 0 saturated heterocycles. The van der Waals surface area contributed by atoms with Crippen molar-refractivity contribution in [1.29, 1.82) is 0 Å². The van der Waals surface area contributed by atoms with Crippen LogP contribution in [0.2, 0.25) is 0 Å². The minimum absolute atomic E-state index is 1.04. The third-order valence-corrected chi connectivity index (χ3v) is 2.28. The van der Waals surface area contributed by atoms with Crippen LogP contribution < -0.4 is 0 Å². The van der Waals surface area contributed by atoms with Crippen molar-refractivity contribution in [3.8, 4) is 0 Å². The fourth-order valence-electron chi connectivity index (χ4n) is 0.864. The molecule has 3 heteroatoms. The molecule has 2 rings (SSSR count). The Labute approximate surface area is 63.5 Å². The van der Waals surface area contributed by atoms with Gasteiger partial charge in [0.05, 0.1) is 0 Å². The zero-order valence-electron chi connectivity index (χ0n) is 5.32. The van der Waals surface area contributed by atoms with Crippen molar-refractivity contribution in [1.82, 2.24) is 0 Å². The van der Waals surface area contributed by atoms with Gasteiger partial charge >= 0.3 is 0 Å². The lowest BCUT2D eigenvalue weighted by Gasteiger charge is -1.90. The molecule has 0 saturated carbocycles. The fourth-order valence-corrected chi connectivity index (χ4v) is 1.72. The molecule has 2 heterocycles. The molecule has 2 nitrogen and oxygen atoms in total. The highest BCUT2D eigenvalue weighted by Crippen LogP contribution is 2.21. The van der Waals surface area contributed by atoms with Crippen molar-refractivity contribution in [3.63, 3.8) is 0 Å². The maximum Gasteiger partial charge on any atom is 0.105 e. The molecule has 0 aromatic heterocycles. The first-order valence-corrected chi connectivity index (χ1v) is 4.05. The minimum atomic E-state index is 1.04. The van der Waals surface area contributed by atoms with E-state index in [9.17, 15) is 0 Å². The summed E-state index contributed by atoms with van der Waals surface area (Å²) in [6.07, 6.45) is 7.42. The maximum absolute atomic E-state index is 4.19. The van der Waals surface area contributed by atoms with Crippen LogP contribution >= 0.6 is 11.8 Å². The number of nitrogens with zero attached hydrogens (tertiary/aromatic N) is 2. The Morgan fingerprint density at radius 3 is 3.40 bits per heavy atom. The molecular formula is C7H6N2S. The second kappa shape index (κ2) is 2.42. The van der Waals surface area contributed by atoms with E-state index in [2.05, 4.69) is 16.1 Å². The summed E-state index contributed by atoms with van der Waals surface area (Å²) in [6, 6.07) is 0. The second-order valence-corrected chi connectivity index (χ2v) is 2.99. The van der Waals surface area contributed by atoms with E-state index < -0.39 is 0 Å². The summed E-state index contributed by atoms with van der Waals surface area (Å²) in [5.41, 5.74) is 1.16. The first-order chi connectivity index (χ1) is 4.97. The normalized spacial score (nSPS) is 21.6. The zero-order valence-corrected chi connectivity index (χ0v) is 6.14. The van der Waals surface area contributed by atoms with Crippen LogP contribution in [0, 0.1) is 0 Å². The molecule has 10 heavy (non-hydrogen) atoms. The quantitative estimate of drug-likeness (QED) is 0.515. The highest BCUT2D eigenvalue weighted by Gasteiger charge is 2.11. The Balaban J connectivity index is 2.42. The molecule has 0 bridgehead atoms. The molecule has 0 radical (unpaired) electrons. The summed E-state index contributed by atoms with van der Waals surface area (Å²) in [4.78, 5) is 8.20. The number of rotatable bonds is 0. The number of thioether (sulfide) groups is 1. The summed E-state index contributed by atoms with van der Waals surface area (Å²) < 4.78 is 0. The van der Waals surface area contributed by atoms with Gasteiger partial charge in [0.25, 0.3) is 0 Å². The number of fused-ring (bicyclic) bond motifs is 1. The predicted octanol–water partition coefficient (Wildman–Crippen LogP) is 1.61. The molecule has 0 amide bonds. The molecule has 2 aliphatic rings. The summed E-state index contributed by atoms with van der Waals surface area (Å²) in [5.74, 6) is 1.04. The Morgan fingerprint density at radius 2 is 2.40 bits per heavy atom. The van der Waals surface area contributed by atoms with Gasteiger partial charge in [-0.15, -0.1) is 11.8 Å². The lowest BCUT2D eigenvalue weighted by atomic mass is 10.3. The summed E-state index contributed by atoms with van der Waals surface area (Å²) in [6.45, 7) is 0. The van der Waals surface area contributed by atoms with Crippen LogP contribution in [-0.4, -0.2) is 17.0 Å². The fraction of sp³-hybridized carbons (Fsp3) is 0.143. The Hall–Kier alpha value is -0.830. The molecule has 0 aromatic rings. The zero-order chi connectivity index (χ0) is 6.81. The number of hydrogen-bond donors (Lipinski definition) is 0. The Kier molecular flexibility index (Phi) is 1.43. The molecule has 0 spiro atoms. The van der Waals surface area contributed by atoms with Gasteiger partial charge in [-0.05, 0) is 0 Å². The van der Waals surface area contributed by atoms with Crippen LogP contribution in [0.3, 0.4) is 0 Å². The van der Waals surface area contributed by atoms with Crippen LogP contribution in [0.15, 0.2) is 34.0 Å². The van der Waals surface area contributed by atoms with Gasteiger partial charge in [0.15, 0.2) is 0 Å². The van der Waals surface area contributed by atoms with E-state index >= 15 is 0 Å². The van der Waals surface area contributed by atoms with Crippen molar-refractivity contribution in [3.05, 3.63) is 24.0 Å². The molecule has 0 aromatic carbocycles. The van der Waals surface area contributed by atoms with E-state index in [0.29, 0.717) is 0 Å². The average Bonchev–Trinajstić information content (AvgIpc) is 2.28. The van der Waals surface area contributed by atoms with Crippen molar-refractivity contribution in [2.75, 3.05) is 5.75 Å². The van der Waals surface area contributed by atoms with Crippen LogP contribution in [0.5, 0.6) is 0 Å². The third-order valence-electron chi connectivity index (χ3n) is 1.33. The largest absolute Gasteiger partial charge is 0.262 e.